The monoisotopic (exact) mass is 217 g/mol. The minimum Gasteiger partial charge on any atom is -0.282 e. The summed E-state index contributed by atoms with van der Waals surface area (Å²) in [6, 6.07) is 9.87. The van der Waals surface area contributed by atoms with Gasteiger partial charge in [0.05, 0.1) is 6.54 Å². The second-order valence-electron chi connectivity index (χ2n) is 3.75. The van der Waals surface area contributed by atoms with Gasteiger partial charge in [0.15, 0.2) is 0 Å². The molecule has 0 unspecified atom stereocenters. The first-order chi connectivity index (χ1) is 7.81. The zero-order valence-electron chi connectivity index (χ0n) is 9.34. The molecule has 0 spiro atoms. The molecule has 0 amide bonds. The molecule has 0 aliphatic carbocycles. The van der Waals surface area contributed by atoms with Crippen LogP contribution in [-0.2, 0) is 13.1 Å². The van der Waals surface area contributed by atoms with Gasteiger partial charge >= 0.3 is 5.69 Å². The van der Waals surface area contributed by atoms with E-state index >= 15 is 0 Å². The van der Waals surface area contributed by atoms with Crippen LogP contribution in [0.25, 0.3) is 0 Å². The molecule has 1 aromatic heterocycles. The highest BCUT2D eigenvalue weighted by atomic mass is 16.2. The van der Waals surface area contributed by atoms with Crippen molar-refractivity contribution in [3.8, 4) is 0 Å². The van der Waals surface area contributed by atoms with Crippen LogP contribution in [0.5, 0.6) is 0 Å². The third-order valence-electron chi connectivity index (χ3n) is 2.44. The Bertz CT molecular complexity index is 498. The predicted molar refractivity (Wildman–Crippen MR) is 62.3 cm³/mol. The highest BCUT2D eigenvalue weighted by Gasteiger charge is 2.03. The molecule has 4 heteroatoms. The van der Waals surface area contributed by atoms with Crippen LogP contribution in [0.1, 0.15) is 18.9 Å². The van der Waals surface area contributed by atoms with Gasteiger partial charge in [0.1, 0.15) is 6.33 Å². The van der Waals surface area contributed by atoms with E-state index in [1.807, 2.05) is 37.3 Å². The summed E-state index contributed by atoms with van der Waals surface area (Å²) >= 11 is 0. The molecule has 1 heterocycles. The maximum absolute atomic E-state index is 11.8. The number of rotatable bonds is 4. The van der Waals surface area contributed by atoms with Crippen molar-refractivity contribution < 1.29 is 0 Å². The summed E-state index contributed by atoms with van der Waals surface area (Å²) in [4.78, 5) is 11.8. The molecule has 0 fully saturated rings. The Kier molecular flexibility index (Phi) is 3.19. The van der Waals surface area contributed by atoms with Crippen molar-refractivity contribution >= 4 is 0 Å². The Balaban J connectivity index is 2.20. The van der Waals surface area contributed by atoms with E-state index in [-0.39, 0.29) is 5.69 Å². The molecule has 0 aliphatic heterocycles. The third-order valence-corrected chi connectivity index (χ3v) is 2.44. The molecular formula is C12H15N3O. The van der Waals surface area contributed by atoms with Gasteiger partial charge in [0.2, 0.25) is 0 Å². The van der Waals surface area contributed by atoms with Gasteiger partial charge in [0, 0.05) is 6.54 Å². The van der Waals surface area contributed by atoms with Crippen LogP contribution in [0.15, 0.2) is 41.5 Å². The zero-order valence-corrected chi connectivity index (χ0v) is 9.34. The van der Waals surface area contributed by atoms with Crippen molar-refractivity contribution in [2.24, 2.45) is 0 Å². The van der Waals surface area contributed by atoms with Crippen molar-refractivity contribution in [2.75, 3.05) is 0 Å². The van der Waals surface area contributed by atoms with E-state index in [1.165, 1.54) is 4.68 Å². The largest absolute Gasteiger partial charge is 0.346 e. The van der Waals surface area contributed by atoms with Gasteiger partial charge < -0.3 is 0 Å². The Labute approximate surface area is 94.1 Å². The molecule has 0 saturated carbocycles. The minimum absolute atomic E-state index is 0.0364. The molecule has 4 nitrogen and oxygen atoms in total. The number of hydrogen-bond acceptors (Lipinski definition) is 2. The number of nitrogens with zero attached hydrogens (tertiary/aromatic N) is 3. The molecule has 16 heavy (non-hydrogen) atoms. The fourth-order valence-corrected chi connectivity index (χ4v) is 1.63. The molecule has 0 bridgehead atoms. The first-order valence-corrected chi connectivity index (χ1v) is 5.47. The number of aryl methyl sites for hydroxylation is 1. The topological polar surface area (TPSA) is 39.8 Å². The number of hydrogen-bond donors (Lipinski definition) is 0. The first-order valence-electron chi connectivity index (χ1n) is 5.47. The van der Waals surface area contributed by atoms with Crippen molar-refractivity contribution in [1.29, 1.82) is 0 Å². The Morgan fingerprint density at radius 3 is 2.69 bits per heavy atom. The Hall–Kier alpha value is -1.84. The van der Waals surface area contributed by atoms with Crippen molar-refractivity contribution in [1.82, 2.24) is 14.3 Å². The van der Waals surface area contributed by atoms with Gasteiger partial charge in [-0.3, -0.25) is 4.57 Å². The van der Waals surface area contributed by atoms with E-state index in [9.17, 15) is 4.79 Å². The lowest BCUT2D eigenvalue weighted by Crippen LogP contribution is -2.25. The van der Waals surface area contributed by atoms with Gasteiger partial charge in [-0.25, -0.2) is 9.48 Å². The molecule has 84 valence electrons. The highest BCUT2D eigenvalue weighted by molar-refractivity contribution is 5.14. The van der Waals surface area contributed by atoms with E-state index in [0.29, 0.717) is 6.54 Å². The van der Waals surface area contributed by atoms with Crippen LogP contribution >= 0.6 is 0 Å². The van der Waals surface area contributed by atoms with Gasteiger partial charge in [-0.15, -0.1) is 0 Å². The van der Waals surface area contributed by atoms with E-state index in [2.05, 4.69) is 5.10 Å². The van der Waals surface area contributed by atoms with Gasteiger partial charge in [-0.05, 0) is 12.0 Å². The fourth-order valence-electron chi connectivity index (χ4n) is 1.63. The molecule has 0 N–H and O–H groups in total. The SMILES string of the molecule is CCCn1cnn(Cc2ccccc2)c1=O. The molecule has 0 atom stereocenters. The second-order valence-corrected chi connectivity index (χ2v) is 3.75. The van der Waals surface area contributed by atoms with Crippen LogP contribution in [0.2, 0.25) is 0 Å². The minimum atomic E-state index is -0.0364. The number of benzene rings is 1. The molecule has 1 aromatic carbocycles. The van der Waals surface area contributed by atoms with Gasteiger partial charge in [0.25, 0.3) is 0 Å². The van der Waals surface area contributed by atoms with Crippen LogP contribution in [0.3, 0.4) is 0 Å². The second kappa shape index (κ2) is 4.79. The van der Waals surface area contributed by atoms with Gasteiger partial charge in [-0.2, -0.15) is 5.10 Å². The summed E-state index contributed by atoms with van der Waals surface area (Å²) in [6.45, 7) is 3.31. The lowest BCUT2D eigenvalue weighted by molar-refractivity contribution is 0.609. The standard InChI is InChI=1S/C12H15N3O/c1-2-8-14-10-13-15(12(14)16)9-11-6-4-3-5-7-11/h3-7,10H,2,8-9H2,1H3. The van der Waals surface area contributed by atoms with E-state index in [4.69, 9.17) is 0 Å². The van der Waals surface area contributed by atoms with E-state index < -0.39 is 0 Å². The summed E-state index contributed by atoms with van der Waals surface area (Å²) in [7, 11) is 0. The fraction of sp³-hybridized carbons (Fsp3) is 0.333. The maximum atomic E-state index is 11.8. The van der Waals surface area contributed by atoms with Crippen LogP contribution in [0.4, 0.5) is 0 Å². The summed E-state index contributed by atoms with van der Waals surface area (Å²) < 4.78 is 3.13. The summed E-state index contributed by atoms with van der Waals surface area (Å²) in [5.41, 5.74) is 1.05. The van der Waals surface area contributed by atoms with E-state index in [1.54, 1.807) is 10.9 Å². The number of aromatic nitrogens is 3. The summed E-state index contributed by atoms with van der Waals surface area (Å²) in [5.74, 6) is 0. The average molecular weight is 217 g/mol. The summed E-state index contributed by atoms with van der Waals surface area (Å²) in [6.07, 6.45) is 2.55. The smallest absolute Gasteiger partial charge is 0.282 e. The molecular weight excluding hydrogens is 202 g/mol. The maximum Gasteiger partial charge on any atom is 0.346 e. The lowest BCUT2D eigenvalue weighted by atomic mass is 10.2. The molecule has 0 saturated heterocycles. The molecule has 0 radical (unpaired) electrons. The quantitative estimate of drug-likeness (QED) is 0.778. The molecule has 2 aromatic rings. The highest BCUT2D eigenvalue weighted by Crippen LogP contribution is 1.99. The molecule has 2 rings (SSSR count). The average Bonchev–Trinajstić information content (AvgIpc) is 2.64. The Morgan fingerprint density at radius 1 is 1.25 bits per heavy atom. The molecule has 0 aliphatic rings. The predicted octanol–water partition coefficient (Wildman–Crippen LogP) is 1.50. The third kappa shape index (κ3) is 2.21. The summed E-state index contributed by atoms with van der Waals surface area (Å²) in [5, 5.41) is 4.10. The van der Waals surface area contributed by atoms with Crippen LogP contribution in [0, 0.1) is 0 Å². The van der Waals surface area contributed by atoms with Crippen LogP contribution in [-0.4, -0.2) is 14.3 Å². The zero-order chi connectivity index (χ0) is 11.4. The van der Waals surface area contributed by atoms with Crippen molar-refractivity contribution in [3.63, 3.8) is 0 Å². The van der Waals surface area contributed by atoms with Crippen LogP contribution < -0.4 is 5.69 Å². The Morgan fingerprint density at radius 2 is 2.00 bits per heavy atom. The van der Waals surface area contributed by atoms with Crippen molar-refractivity contribution in [3.05, 3.63) is 52.7 Å². The van der Waals surface area contributed by atoms with Crippen molar-refractivity contribution in [2.45, 2.75) is 26.4 Å². The normalized spacial score (nSPS) is 10.6. The van der Waals surface area contributed by atoms with Gasteiger partial charge in [-0.1, -0.05) is 37.3 Å². The van der Waals surface area contributed by atoms with E-state index in [0.717, 1.165) is 18.5 Å². The first kappa shape index (κ1) is 10.7. The lowest BCUT2D eigenvalue weighted by Gasteiger charge is -1.99.